The van der Waals surface area contributed by atoms with Crippen molar-refractivity contribution in [3.05, 3.63) is 0 Å². The summed E-state index contributed by atoms with van der Waals surface area (Å²) in [7, 11) is 3.13. The van der Waals surface area contributed by atoms with Crippen molar-refractivity contribution in [2.45, 2.75) is 30.9 Å². The molecule has 0 spiro atoms. The number of aliphatic hydroxyl groups is 2. The molecule has 5 heteroatoms. The lowest BCUT2D eigenvalue weighted by atomic mass is 9.87. The quantitative estimate of drug-likeness (QED) is 0.438. The molecular formula is C6H13BO4. The van der Waals surface area contributed by atoms with Crippen LogP contribution in [0, 0.1) is 0 Å². The SMILES string of the molecule is BC1OC(O)C(C)(OC)C1O. The van der Waals surface area contributed by atoms with Crippen LogP contribution in [0.1, 0.15) is 6.92 Å². The molecule has 1 saturated heterocycles. The Balaban J connectivity index is 2.78. The zero-order chi connectivity index (χ0) is 8.65. The molecule has 64 valence electrons. The average Bonchev–Trinajstić information content (AvgIpc) is 2.16. The van der Waals surface area contributed by atoms with Crippen LogP contribution in [-0.2, 0) is 9.47 Å². The smallest absolute Gasteiger partial charge is 0.185 e. The minimum absolute atomic E-state index is 0.380. The Hall–Kier alpha value is -0.0951. The molecule has 1 rings (SSSR count). The van der Waals surface area contributed by atoms with Crippen molar-refractivity contribution in [2.75, 3.05) is 7.11 Å². The standard InChI is InChI=1S/C6H13BO4/c1-6(10-2)3(8)4(7)11-5(6)9/h3-5,8-9H,7H2,1-2H3. The summed E-state index contributed by atoms with van der Waals surface area (Å²) in [6, 6.07) is -0.380. The van der Waals surface area contributed by atoms with Gasteiger partial charge < -0.3 is 19.7 Å². The van der Waals surface area contributed by atoms with Crippen LogP contribution in [0.5, 0.6) is 0 Å². The monoisotopic (exact) mass is 160 g/mol. The highest BCUT2D eigenvalue weighted by molar-refractivity contribution is 6.11. The van der Waals surface area contributed by atoms with E-state index in [-0.39, 0.29) is 6.00 Å². The Morgan fingerprint density at radius 2 is 2.09 bits per heavy atom. The Bertz CT molecular complexity index is 154. The molecule has 4 unspecified atom stereocenters. The van der Waals surface area contributed by atoms with Crippen molar-refractivity contribution >= 4 is 7.85 Å². The summed E-state index contributed by atoms with van der Waals surface area (Å²) < 4.78 is 9.93. The first-order valence-corrected chi connectivity index (χ1v) is 3.59. The number of aliphatic hydroxyl groups excluding tert-OH is 2. The molecule has 0 aromatic rings. The highest BCUT2D eigenvalue weighted by atomic mass is 16.7. The van der Waals surface area contributed by atoms with Gasteiger partial charge in [-0.3, -0.25) is 0 Å². The third kappa shape index (κ3) is 1.18. The molecule has 0 aliphatic carbocycles. The fraction of sp³-hybridized carbons (Fsp3) is 1.00. The molecule has 0 radical (unpaired) electrons. The number of hydrogen-bond donors (Lipinski definition) is 2. The average molecular weight is 160 g/mol. The predicted molar refractivity (Wildman–Crippen MR) is 40.8 cm³/mol. The zero-order valence-corrected chi connectivity index (χ0v) is 6.94. The Kier molecular flexibility index (Phi) is 2.25. The summed E-state index contributed by atoms with van der Waals surface area (Å²) in [6.45, 7) is 1.62. The van der Waals surface area contributed by atoms with Crippen LogP contribution < -0.4 is 0 Å². The van der Waals surface area contributed by atoms with Gasteiger partial charge in [0.2, 0.25) is 0 Å². The normalized spacial score (nSPS) is 51.5. The van der Waals surface area contributed by atoms with Gasteiger partial charge in [-0.2, -0.15) is 0 Å². The topological polar surface area (TPSA) is 58.9 Å². The van der Waals surface area contributed by atoms with Crippen LogP contribution in [0.2, 0.25) is 0 Å². The Morgan fingerprint density at radius 1 is 1.55 bits per heavy atom. The van der Waals surface area contributed by atoms with Crippen molar-refractivity contribution < 1.29 is 19.7 Å². The van der Waals surface area contributed by atoms with Gasteiger partial charge >= 0.3 is 0 Å². The first-order valence-electron chi connectivity index (χ1n) is 3.59. The molecule has 1 fully saturated rings. The number of ether oxygens (including phenoxy) is 2. The third-order valence-electron chi connectivity index (χ3n) is 2.31. The second kappa shape index (κ2) is 2.75. The van der Waals surface area contributed by atoms with Crippen LogP contribution in [0.25, 0.3) is 0 Å². The van der Waals surface area contributed by atoms with Crippen LogP contribution in [0.3, 0.4) is 0 Å². The number of rotatable bonds is 1. The third-order valence-corrected chi connectivity index (χ3v) is 2.31. The van der Waals surface area contributed by atoms with Gasteiger partial charge in [-0.1, -0.05) is 0 Å². The minimum Gasteiger partial charge on any atom is -0.388 e. The molecule has 0 aromatic carbocycles. The van der Waals surface area contributed by atoms with Gasteiger partial charge in [-0.05, 0) is 6.92 Å². The molecule has 1 aliphatic heterocycles. The van der Waals surface area contributed by atoms with E-state index < -0.39 is 18.0 Å². The lowest BCUT2D eigenvalue weighted by Crippen LogP contribution is -2.47. The minimum atomic E-state index is -1.04. The molecular weight excluding hydrogens is 147 g/mol. The zero-order valence-electron chi connectivity index (χ0n) is 6.94. The van der Waals surface area contributed by atoms with Gasteiger partial charge in [-0.15, -0.1) is 0 Å². The molecule has 11 heavy (non-hydrogen) atoms. The van der Waals surface area contributed by atoms with E-state index in [1.807, 2.05) is 0 Å². The highest BCUT2D eigenvalue weighted by Crippen LogP contribution is 2.30. The van der Waals surface area contributed by atoms with Crippen molar-refractivity contribution in [2.24, 2.45) is 0 Å². The summed E-state index contributed by atoms with van der Waals surface area (Å²) in [6.07, 6.45) is -1.82. The molecule has 0 aromatic heterocycles. The summed E-state index contributed by atoms with van der Waals surface area (Å²) in [5, 5.41) is 18.8. The van der Waals surface area contributed by atoms with Gasteiger partial charge in [0.25, 0.3) is 0 Å². The fourth-order valence-corrected chi connectivity index (χ4v) is 1.25. The first kappa shape index (κ1) is 9.00. The van der Waals surface area contributed by atoms with Crippen molar-refractivity contribution in [3.63, 3.8) is 0 Å². The molecule has 2 N–H and O–H groups in total. The van der Waals surface area contributed by atoms with Crippen molar-refractivity contribution in [1.82, 2.24) is 0 Å². The fourth-order valence-electron chi connectivity index (χ4n) is 1.25. The van der Waals surface area contributed by atoms with Gasteiger partial charge in [0.15, 0.2) is 6.29 Å². The van der Waals surface area contributed by atoms with E-state index in [0.717, 1.165) is 0 Å². The summed E-state index contributed by atoms with van der Waals surface area (Å²) in [4.78, 5) is 0. The van der Waals surface area contributed by atoms with Crippen LogP contribution in [0.4, 0.5) is 0 Å². The summed E-state index contributed by atoms with van der Waals surface area (Å²) in [5.74, 6) is 0. The maximum absolute atomic E-state index is 9.48. The number of methoxy groups -OCH3 is 1. The summed E-state index contributed by atoms with van der Waals surface area (Å²) in [5.41, 5.74) is -0.987. The van der Waals surface area contributed by atoms with Crippen molar-refractivity contribution in [1.29, 1.82) is 0 Å². The van der Waals surface area contributed by atoms with Crippen LogP contribution in [-0.4, -0.2) is 49.2 Å². The van der Waals surface area contributed by atoms with Gasteiger partial charge in [0.05, 0.1) is 6.00 Å². The molecule has 1 heterocycles. The van der Waals surface area contributed by atoms with Crippen LogP contribution >= 0.6 is 0 Å². The lowest BCUT2D eigenvalue weighted by molar-refractivity contribution is -0.178. The van der Waals surface area contributed by atoms with E-state index in [4.69, 9.17) is 9.47 Å². The maximum Gasteiger partial charge on any atom is 0.185 e. The van der Waals surface area contributed by atoms with E-state index in [0.29, 0.717) is 0 Å². The summed E-state index contributed by atoms with van der Waals surface area (Å²) >= 11 is 0. The van der Waals surface area contributed by atoms with E-state index in [9.17, 15) is 10.2 Å². The first-order chi connectivity index (χ1) is 5.02. The second-order valence-corrected chi connectivity index (χ2v) is 3.03. The van der Waals surface area contributed by atoms with E-state index in [1.54, 1.807) is 14.8 Å². The Morgan fingerprint density at radius 3 is 2.27 bits per heavy atom. The van der Waals surface area contributed by atoms with Gasteiger partial charge in [-0.25, -0.2) is 0 Å². The molecule has 1 aliphatic rings. The molecule has 0 amide bonds. The highest BCUT2D eigenvalue weighted by Gasteiger charge is 2.51. The maximum atomic E-state index is 9.48. The lowest BCUT2D eigenvalue weighted by Gasteiger charge is -2.27. The van der Waals surface area contributed by atoms with E-state index in [2.05, 4.69) is 0 Å². The van der Waals surface area contributed by atoms with E-state index >= 15 is 0 Å². The largest absolute Gasteiger partial charge is 0.388 e. The van der Waals surface area contributed by atoms with Gasteiger partial charge in [0, 0.05) is 7.11 Å². The predicted octanol–water partition coefficient (Wildman–Crippen LogP) is -1.94. The molecule has 0 bridgehead atoms. The molecule has 4 atom stereocenters. The molecule has 4 nitrogen and oxygen atoms in total. The number of hydrogen-bond acceptors (Lipinski definition) is 4. The van der Waals surface area contributed by atoms with E-state index in [1.165, 1.54) is 7.11 Å². The second-order valence-electron chi connectivity index (χ2n) is 3.03. The Labute approximate surface area is 66.5 Å². The van der Waals surface area contributed by atoms with Crippen molar-refractivity contribution in [3.8, 4) is 0 Å². The van der Waals surface area contributed by atoms with Gasteiger partial charge in [0.1, 0.15) is 19.6 Å². The molecule has 0 saturated carbocycles. The van der Waals surface area contributed by atoms with Crippen LogP contribution in [0.15, 0.2) is 0 Å².